The molecule has 3 N–H and O–H groups in total. The van der Waals surface area contributed by atoms with Crippen molar-refractivity contribution in [2.75, 3.05) is 31.4 Å². The predicted molar refractivity (Wildman–Crippen MR) is 107 cm³/mol. The second-order valence-electron chi connectivity index (χ2n) is 6.27. The molecular weight excluding hydrogens is 342 g/mol. The minimum absolute atomic E-state index is 0.267. The lowest BCUT2D eigenvalue weighted by molar-refractivity contribution is 0.251. The third-order valence-corrected chi connectivity index (χ3v) is 4.15. The van der Waals surface area contributed by atoms with Gasteiger partial charge in [-0.2, -0.15) is 5.10 Å². The molecule has 0 unspecified atom stereocenters. The number of carbonyl (C=O) groups is 1. The van der Waals surface area contributed by atoms with E-state index in [1.54, 1.807) is 13.3 Å². The molecule has 0 atom stereocenters. The number of nitrogens with zero attached hydrogens (tertiary/aromatic N) is 2. The number of hydrogen-bond donors (Lipinski definition) is 3. The van der Waals surface area contributed by atoms with Gasteiger partial charge in [-0.3, -0.25) is 5.10 Å². The Labute approximate surface area is 158 Å². The lowest BCUT2D eigenvalue weighted by Gasteiger charge is -2.19. The summed E-state index contributed by atoms with van der Waals surface area (Å²) in [4.78, 5) is 14.3. The molecule has 3 rings (SSSR count). The van der Waals surface area contributed by atoms with E-state index in [0.29, 0.717) is 6.54 Å². The lowest BCUT2D eigenvalue weighted by Crippen LogP contribution is -2.29. The van der Waals surface area contributed by atoms with E-state index in [4.69, 9.17) is 4.74 Å². The Morgan fingerprint density at radius 1 is 1.19 bits per heavy atom. The number of benzene rings is 2. The van der Waals surface area contributed by atoms with Crippen molar-refractivity contribution in [3.63, 3.8) is 0 Å². The maximum absolute atomic E-state index is 12.3. The molecule has 0 aliphatic heterocycles. The highest BCUT2D eigenvalue weighted by molar-refractivity contribution is 5.94. The van der Waals surface area contributed by atoms with Crippen LogP contribution < -0.4 is 20.3 Å². The Hall–Kier alpha value is -3.48. The first-order valence-electron chi connectivity index (χ1n) is 8.55. The number of methoxy groups -OCH3 is 1. The van der Waals surface area contributed by atoms with Crippen LogP contribution in [0.2, 0.25) is 0 Å². The maximum Gasteiger partial charge on any atom is 0.319 e. The fourth-order valence-corrected chi connectivity index (χ4v) is 2.73. The Kier molecular flexibility index (Phi) is 5.61. The van der Waals surface area contributed by atoms with Crippen molar-refractivity contribution in [3.05, 3.63) is 60.4 Å². The minimum Gasteiger partial charge on any atom is -0.497 e. The number of ether oxygens (including phenoxy) is 1. The summed E-state index contributed by atoms with van der Waals surface area (Å²) in [5.74, 6) is 0.763. The van der Waals surface area contributed by atoms with Gasteiger partial charge >= 0.3 is 6.03 Å². The van der Waals surface area contributed by atoms with Gasteiger partial charge in [0.05, 0.1) is 24.7 Å². The SMILES string of the molecule is COc1cccc(CNC(=O)Nc2ccc(-c3cn[nH]c3)cc2N(C)C)c1. The van der Waals surface area contributed by atoms with Crippen molar-refractivity contribution in [2.24, 2.45) is 0 Å². The summed E-state index contributed by atoms with van der Waals surface area (Å²) < 4.78 is 5.20. The van der Waals surface area contributed by atoms with Crippen LogP contribution in [0.1, 0.15) is 5.56 Å². The van der Waals surface area contributed by atoms with Crippen LogP contribution in [-0.2, 0) is 6.54 Å². The standard InChI is InChI=1S/C20H23N5O2/c1-25(2)19-10-15(16-12-22-23-13-16)7-8-18(19)24-20(26)21-11-14-5-4-6-17(9-14)27-3/h4-10,12-13H,11H2,1-3H3,(H,22,23)(H2,21,24,26). The van der Waals surface area contributed by atoms with E-state index in [1.165, 1.54) is 0 Å². The third-order valence-electron chi connectivity index (χ3n) is 4.15. The van der Waals surface area contributed by atoms with Crippen LogP contribution in [0, 0.1) is 0 Å². The number of aromatic amines is 1. The van der Waals surface area contributed by atoms with Crippen LogP contribution in [0.25, 0.3) is 11.1 Å². The number of carbonyl (C=O) groups excluding carboxylic acids is 1. The Morgan fingerprint density at radius 3 is 2.74 bits per heavy atom. The second-order valence-corrected chi connectivity index (χ2v) is 6.27. The van der Waals surface area contributed by atoms with Gasteiger partial charge in [0.2, 0.25) is 0 Å². The number of urea groups is 1. The Bertz CT molecular complexity index is 906. The molecule has 0 aliphatic rings. The number of anilines is 2. The zero-order valence-corrected chi connectivity index (χ0v) is 15.6. The molecule has 27 heavy (non-hydrogen) atoms. The summed E-state index contributed by atoms with van der Waals surface area (Å²) in [6.45, 7) is 0.410. The molecule has 1 heterocycles. The fraction of sp³-hybridized carbons (Fsp3) is 0.200. The fourth-order valence-electron chi connectivity index (χ4n) is 2.73. The van der Waals surface area contributed by atoms with Gasteiger partial charge in [-0.15, -0.1) is 0 Å². The molecule has 0 saturated carbocycles. The van der Waals surface area contributed by atoms with Gasteiger partial charge in [0, 0.05) is 32.4 Å². The van der Waals surface area contributed by atoms with Crippen LogP contribution in [0.15, 0.2) is 54.9 Å². The summed E-state index contributed by atoms with van der Waals surface area (Å²) in [5, 5.41) is 12.6. The highest BCUT2D eigenvalue weighted by atomic mass is 16.5. The first kappa shape index (κ1) is 18.3. The van der Waals surface area contributed by atoms with Gasteiger partial charge in [-0.1, -0.05) is 18.2 Å². The molecule has 0 radical (unpaired) electrons. The molecule has 0 fully saturated rings. The molecule has 7 nitrogen and oxygen atoms in total. The monoisotopic (exact) mass is 365 g/mol. The normalized spacial score (nSPS) is 10.3. The number of aromatic nitrogens is 2. The van der Waals surface area contributed by atoms with Gasteiger partial charge < -0.3 is 20.3 Å². The average Bonchev–Trinajstić information content (AvgIpc) is 3.21. The van der Waals surface area contributed by atoms with Crippen molar-refractivity contribution in [1.82, 2.24) is 15.5 Å². The average molecular weight is 365 g/mol. The van der Waals surface area contributed by atoms with E-state index in [-0.39, 0.29) is 6.03 Å². The van der Waals surface area contributed by atoms with Gasteiger partial charge in [0.15, 0.2) is 0 Å². The van der Waals surface area contributed by atoms with Crippen LogP contribution in [0.4, 0.5) is 16.2 Å². The van der Waals surface area contributed by atoms with E-state index in [0.717, 1.165) is 33.8 Å². The second kappa shape index (κ2) is 8.27. The van der Waals surface area contributed by atoms with E-state index in [1.807, 2.05) is 67.7 Å². The molecule has 0 aliphatic carbocycles. The first-order valence-corrected chi connectivity index (χ1v) is 8.55. The van der Waals surface area contributed by atoms with Gasteiger partial charge in [0.1, 0.15) is 5.75 Å². The maximum atomic E-state index is 12.3. The van der Waals surface area contributed by atoms with Crippen molar-refractivity contribution in [1.29, 1.82) is 0 Å². The number of H-pyrrole nitrogens is 1. The van der Waals surface area contributed by atoms with Crippen molar-refractivity contribution in [3.8, 4) is 16.9 Å². The van der Waals surface area contributed by atoms with Crippen LogP contribution in [-0.4, -0.2) is 37.4 Å². The first-order chi connectivity index (χ1) is 13.1. The predicted octanol–water partition coefficient (Wildman–Crippen LogP) is 3.47. The van der Waals surface area contributed by atoms with E-state index in [2.05, 4.69) is 20.8 Å². The summed E-state index contributed by atoms with van der Waals surface area (Å²) in [5.41, 5.74) is 4.62. The number of nitrogens with one attached hydrogen (secondary N) is 3. The van der Waals surface area contributed by atoms with Crippen LogP contribution >= 0.6 is 0 Å². The number of hydrogen-bond acceptors (Lipinski definition) is 4. The van der Waals surface area contributed by atoms with Crippen molar-refractivity contribution in [2.45, 2.75) is 6.54 Å². The number of rotatable bonds is 6. The molecule has 0 bridgehead atoms. The molecule has 0 saturated heterocycles. The Balaban J connectivity index is 1.69. The van der Waals surface area contributed by atoms with E-state index in [9.17, 15) is 4.79 Å². The number of amides is 2. The van der Waals surface area contributed by atoms with Crippen LogP contribution in [0.5, 0.6) is 5.75 Å². The minimum atomic E-state index is -0.267. The van der Waals surface area contributed by atoms with Gasteiger partial charge in [-0.25, -0.2) is 4.79 Å². The summed E-state index contributed by atoms with van der Waals surface area (Å²) in [6, 6.07) is 13.2. The molecule has 2 amide bonds. The summed E-state index contributed by atoms with van der Waals surface area (Å²) >= 11 is 0. The molecule has 0 spiro atoms. The van der Waals surface area contributed by atoms with E-state index < -0.39 is 0 Å². The molecule has 7 heteroatoms. The summed E-state index contributed by atoms with van der Waals surface area (Å²) in [7, 11) is 5.50. The molecule has 140 valence electrons. The molecule has 3 aromatic rings. The van der Waals surface area contributed by atoms with Crippen molar-refractivity contribution < 1.29 is 9.53 Å². The smallest absolute Gasteiger partial charge is 0.319 e. The highest BCUT2D eigenvalue weighted by Crippen LogP contribution is 2.30. The van der Waals surface area contributed by atoms with Crippen LogP contribution in [0.3, 0.4) is 0 Å². The molecular formula is C20H23N5O2. The Morgan fingerprint density at radius 2 is 2.04 bits per heavy atom. The van der Waals surface area contributed by atoms with Crippen molar-refractivity contribution >= 4 is 17.4 Å². The largest absolute Gasteiger partial charge is 0.497 e. The quantitative estimate of drug-likeness (QED) is 0.625. The topological polar surface area (TPSA) is 82.3 Å². The lowest BCUT2D eigenvalue weighted by atomic mass is 10.1. The molecule has 1 aromatic heterocycles. The van der Waals surface area contributed by atoms with Gasteiger partial charge in [0.25, 0.3) is 0 Å². The zero-order chi connectivity index (χ0) is 19.2. The third kappa shape index (κ3) is 4.58. The van der Waals surface area contributed by atoms with Gasteiger partial charge in [-0.05, 0) is 35.4 Å². The summed E-state index contributed by atoms with van der Waals surface area (Å²) in [6.07, 6.45) is 3.60. The highest BCUT2D eigenvalue weighted by Gasteiger charge is 2.11. The zero-order valence-electron chi connectivity index (χ0n) is 15.6. The molecule has 2 aromatic carbocycles. The van der Waals surface area contributed by atoms with E-state index >= 15 is 0 Å².